The van der Waals surface area contributed by atoms with E-state index in [4.69, 9.17) is 0 Å². The van der Waals surface area contributed by atoms with Gasteiger partial charge in [0.2, 0.25) is 11.9 Å². The van der Waals surface area contributed by atoms with Crippen molar-refractivity contribution in [2.75, 3.05) is 24.2 Å². The van der Waals surface area contributed by atoms with E-state index in [0.29, 0.717) is 12.5 Å². The van der Waals surface area contributed by atoms with E-state index in [9.17, 15) is 9.18 Å². The van der Waals surface area contributed by atoms with Gasteiger partial charge >= 0.3 is 0 Å². The summed E-state index contributed by atoms with van der Waals surface area (Å²) in [6.45, 7) is 4.08. The van der Waals surface area contributed by atoms with Gasteiger partial charge in [-0.25, -0.2) is 9.37 Å². The molecular weight excluding hydrogens is 237 g/mol. The highest BCUT2D eigenvalue weighted by molar-refractivity contribution is 5.76. The van der Waals surface area contributed by atoms with Crippen molar-refractivity contribution in [1.29, 1.82) is 0 Å². The molecule has 1 heterocycles. The lowest BCUT2D eigenvalue weighted by molar-refractivity contribution is -0.121. The molecule has 0 aliphatic heterocycles. The molecule has 1 rings (SSSR count). The first-order valence-corrected chi connectivity index (χ1v) is 5.76. The van der Waals surface area contributed by atoms with Crippen molar-refractivity contribution in [1.82, 2.24) is 15.3 Å². The number of anilines is 2. The van der Waals surface area contributed by atoms with Gasteiger partial charge in [0, 0.05) is 26.1 Å². The summed E-state index contributed by atoms with van der Waals surface area (Å²) in [5, 5.41) is 8.22. The lowest BCUT2D eigenvalue weighted by Crippen LogP contribution is -2.31. The molecule has 0 aliphatic rings. The van der Waals surface area contributed by atoms with Crippen LogP contribution in [0.2, 0.25) is 0 Å². The van der Waals surface area contributed by atoms with Crippen LogP contribution >= 0.6 is 0 Å². The minimum atomic E-state index is -0.543. The molecule has 0 spiro atoms. The Bertz CT molecular complexity index is 410. The maximum absolute atomic E-state index is 13.3. The quantitative estimate of drug-likeness (QED) is 0.706. The maximum atomic E-state index is 13.3. The fourth-order valence-corrected chi connectivity index (χ4v) is 1.30. The van der Waals surface area contributed by atoms with E-state index >= 15 is 0 Å². The second-order valence-corrected chi connectivity index (χ2v) is 4.04. The molecule has 0 saturated heterocycles. The maximum Gasteiger partial charge on any atom is 0.224 e. The Labute approximate surface area is 105 Å². The number of amides is 1. The highest BCUT2D eigenvalue weighted by atomic mass is 19.1. The Morgan fingerprint density at radius 2 is 2.22 bits per heavy atom. The number of aromatic nitrogens is 2. The third-order valence-corrected chi connectivity index (χ3v) is 2.06. The fraction of sp³-hybridized carbons (Fsp3) is 0.545. The van der Waals surface area contributed by atoms with Crippen molar-refractivity contribution in [3.63, 3.8) is 0 Å². The van der Waals surface area contributed by atoms with Gasteiger partial charge in [-0.1, -0.05) is 0 Å². The van der Waals surface area contributed by atoms with E-state index in [-0.39, 0.29) is 24.2 Å². The molecule has 1 aromatic heterocycles. The van der Waals surface area contributed by atoms with E-state index < -0.39 is 5.82 Å². The van der Waals surface area contributed by atoms with Crippen molar-refractivity contribution in [2.45, 2.75) is 26.3 Å². The van der Waals surface area contributed by atoms with Crippen molar-refractivity contribution >= 4 is 17.7 Å². The van der Waals surface area contributed by atoms with Crippen LogP contribution in [0.4, 0.5) is 16.2 Å². The number of hydrogen-bond acceptors (Lipinski definition) is 5. The predicted molar refractivity (Wildman–Crippen MR) is 67.9 cm³/mol. The van der Waals surface area contributed by atoms with Gasteiger partial charge in [0.05, 0.1) is 6.20 Å². The molecule has 0 radical (unpaired) electrons. The molecule has 0 aromatic carbocycles. The van der Waals surface area contributed by atoms with E-state index in [1.165, 1.54) is 0 Å². The first-order valence-electron chi connectivity index (χ1n) is 5.76. The molecule has 0 saturated carbocycles. The van der Waals surface area contributed by atoms with Crippen LogP contribution in [-0.2, 0) is 4.79 Å². The molecular formula is C11H18FN5O. The molecule has 0 atom stereocenters. The summed E-state index contributed by atoms with van der Waals surface area (Å²) in [5.74, 6) is -0.212. The summed E-state index contributed by atoms with van der Waals surface area (Å²) < 4.78 is 13.3. The van der Waals surface area contributed by atoms with Gasteiger partial charge in [0.1, 0.15) is 0 Å². The first-order chi connectivity index (χ1) is 8.52. The molecule has 0 aliphatic carbocycles. The average Bonchev–Trinajstić information content (AvgIpc) is 2.30. The molecule has 6 nitrogen and oxygen atoms in total. The minimum Gasteiger partial charge on any atom is -0.367 e. The van der Waals surface area contributed by atoms with Crippen LogP contribution in [0.15, 0.2) is 6.20 Å². The van der Waals surface area contributed by atoms with Crippen molar-refractivity contribution in [3.05, 3.63) is 12.0 Å². The molecule has 1 amide bonds. The van der Waals surface area contributed by atoms with Crippen LogP contribution in [0.5, 0.6) is 0 Å². The van der Waals surface area contributed by atoms with Gasteiger partial charge in [-0.3, -0.25) is 4.79 Å². The number of halogens is 1. The van der Waals surface area contributed by atoms with Gasteiger partial charge in [0.15, 0.2) is 11.6 Å². The van der Waals surface area contributed by atoms with Gasteiger partial charge in [-0.15, -0.1) is 0 Å². The molecule has 100 valence electrons. The van der Waals surface area contributed by atoms with Gasteiger partial charge in [-0.05, 0) is 13.8 Å². The zero-order chi connectivity index (χ0) is 13.5. The first kappa shape index (κ1) is 14.1. The number of carbonyl (C=O) groups excluding carboxylic acids is 1. The van der Waals surface area contributed by atoms with Crippen molar-refractivity contribution in [3.8, 4) is 0 Å². The van der Waals surface area contributed by atoms with Crippen LogP contribution in [0.25, 0.3) is 0 Å². The Balaban J connectivity index is 2.46. The molecule has 18 heavy (non-hydrogen) atoms. The second-order valence-electron chi connectivity index (χ2n) is 4.04. The highest BCUT2D eigenvalue weighted by Gasteiger charge is 2.07. The molecule has 0 bridgehead atoms. The Morgan fingerprint density at radius 3 is 2.83 bits per heavy atom. The van der Waals surface area contributed by atoms with Crippen LogP contribution in [0, 0.1) is 5.82 Å². The van der Waals surface area contributed by atoms with E-state index in [2.05, 4.69) is 25.9 Å². The van der Waals surface area contributed by atoms with Crippen LogP contribution < -0.4 is 16.0 Å². The largest absolute Gasteiger partial charge is 0.367 e. The van der Waals surface area contributed by atoms with Crippen LogP contribution in [0.1, 0.15) is 20.3 Å². The topological polar surface area (TPSA) is 78.9 Å². The molecule has 3 N–H and O–H groups in total. The number of carbonyl (C=O) groups is 1. The van der Waals surface area contributed by atoms with Crippen LogP contribution in [-0.4, -0.2) is 35.5 Å². The number of nitrogens with one attached hydrogen (secondary N) is 3. The lowest BCUT2D eigenvalue weighted by atomic mass is 10.3. The standard InChI is InChI=1S/C11H18FN5O/c1-7(2)16-9(18)4-5-14-10-8(12)6-15-11(13-3)17-10/h6-7H,4-5H2,1-3H3,(H,16,18)(H2,13,14,15,17). The zero-order valence-electron chi connectivity index (χ0n) is 10.7. The van der Waals surface area contributed by atoms with Crippen LogP contribution in [0.3, 0.4) is 0 Å². The summed E-state index contributed by atoms with van der Waals surface area (Å²) in [5.41, 5.74) is 0. The minimum absolute atomic E-state index is 0.0826. The monoisotopic (exact) mass is 255 g/mol. The summed E-state index contributed by atoms with van der Waals surface area (Å²) in [6, 6.07) is 0.101. The molecule has 1 aromatic rings. The smallest absolute Gasteiger partial charge is 0.224 e. The summed E-state index contributed by atoms with van der Waals surface area (Å²) >= 11 is 0. The molecule has 0 fully saturated rings. The van der Waals surface area contributed by atoms with E-state index in [1.807, 2.05) is 13.8 Å². The Kier molecular flexibility index (Phi) is 5.29. The normalized spacial score (nSPS) is 10.3. The zero-order valence-corrected chi connectivity index (χ0v) is 10.7. The number of hydrogen-bond donors (Lipinski definition) is 3. The summed E-state index contributed by atoms with van der Waals surface area (Å²) in [4.78, 5) is 19.0. The van der Waals surface area contributed by atoms with E-state index in [0.717, 1.165) is 6.20 Å². The van der Waals surface area contributed by atoms with Gasteiger partial charge in [-0.2, -0.15) is 4.98 Å². The average molecular weight is 255 g/mol. The van der Waals surface area contributed by atoms with Crippen molar-refractivity contribution < 1.29 is 9.18 Å². The SMILES string of the molecule is CNc1ncc(F)c(NCCC(=O)NC(C)C)n1. The third-order valence-electron chi connectivity index (χ3n) is 2.06. The molecule has 0 unspecified atom stereocenters. The van der Waals surface area contributed by atoms with Crippen molar-refractivity contribution in [2.24, 2.45) is 0 Å². The lowest BCUT2D eigenvalue weighted by Gasteiger charge is -2.10. The third kappa shape index (κ3) is 4.52. The van der Waals surface area contributed by atoms with E-state index in [1.54, 1.807) is 7.05 Å². The van der Waals surface area contributed by atoms with Gasteiger partial charge in [0.25, 0.3) is 0 Å². The summed E-state index contributed by atoms with van der Waals surface area (Å²) in [7, 11) is 1.65. The second kappa shape index (κ2) is 6.73. The fourth-order valence-electron chi connectivity index (χ4n) is 1.30. The Morgan fingerprint density at radius 1 is 1.50 bits per heavy atom. The highest BCUT2D eigenvalue weighted by Crippen LogP contribution is 2.11. The predicted octanol–water partition coefficient (Wildman–Crippen LogP) is 0.984. The number of nitrogens with zero attached hydrogens (tertiary/aromatic N) is 2. The number of rotatable bonds is 6. The Hall–Kier alpha value is -1.92. The summed E-state index contributed by atoms with van der Waals surface area (Å²) in [6.07, 6.45) is 1.34. The molecule has 7 heteroatoms. The van der Waals surface area contributed by atoms with Gasteiger partial charge < -0.3 is 16.0 Å².